The number of aromatic nitrogens is 2. The minimum Gasteiger partial charge on any atom is -0.394 e. The molecule has 0 saturated heterocycles. The van der Waals surface area contributed by atoms with Crippen LogP contribution in [0.4, 0.5) is 0 Å². The van der Waals surface area contributed by atoms with Crippen molar-refractivity contribution < 1.29 is 5.11 Å². The predicted octanol–water partition coefficient (Wildman–Crippen LogP) is 0.990. The van der Waals surface area contributed by atoms with Gasteiger partial charge in [0.25, 0.3) is 0 Å². The molecule has 0 aromatic carbocycles. The lowest BCUT2D eigenvalue weighted by atomic mass is 10.2. The van der Waals surface area contributed by atoms with Crippen LogP contribution in [-0.4, -0.2) is 27.5 Å². The lowest BCUT2D eigenvalue weighted by Gasteiger charge is -2.05. The van der Waals surface area contributed by atoms with Crippen molar-refractivity contribution >= 4 is 0 Å². The van der Waals surface area contributed by atoms with Crippen LogP contribution in [0.3, 0.4) is 0 Å². The summed E-state index contributed by atoms with van der Waals surface area (Å²) in [5.41, 5.74) is 3.53. The molecule has 0 aliphatic heterocycles. The molecule has 1 saturated carbocycles. The molecule has 0 amide bonds. The Hall–Kier alpha value is -0.870. The van der Waals surface area contributed by atoms with E-state index in [4.69, 9.17) is 5.11 Å². The highest BCUT2D eigenvalue weighted by molar-refractivity contribution is 5.24. The second-order valence-electron chi connectivity index (χ2n) is 4.80. The van der Waals surface area contributed by atoms with E-state index < -0.39 is 0 Å². The van der Waals surface area contributed by atoms with Gasteiger partial charge in [-0.2, -0.15) is 5.10 Å². The quantitative estimate of drug-likeness (QED) is 0.782. The van der Waals surface area contributed by atoms with Gasteiger partial charge < -0.3 is 10.4 Å². The first-order valence-electron chi connectivity index (χ1n) is 6.00. The zero-order valence-electron chi connectivity index (χ0n) is 10.3. The highest BCUT2D eigenvalue weighted by atomic mass is 16.3. The Labute approximate surface area is 96.7 Å². The topological polar surface area (TPSA) is 50.1 Å². The van der Waals surface area contributed by atoms with Crippen molar-refractivity contribution in [1.29, 1.82) is 0 Å². The Morgan fingerprint density at radius 1 is 1.50 bits per heavy atom. The molecule has 0 spiro atoms. The summed E-state index contributed by atoms with van der Waals surface area (Å²) in [5, 5.41) is 16.9. The van der Waals surface area contributed by atoms with Crippen LogP contribution in [0.15, 0.2) is 0 Å². The standard InChI is InChI=1S/C12H21N3O/c1-8-6-12(8)13-7-11-9(2)14-15(4-5-16)10(11)3/h8,12-13,16H,4-7H2,1-3H3. The third-order valence-corrected chi connectivity index (χ3v) is 3.49. The molecule has 16 heavy (non-hydrogen) atoms. The van der Waals surface area contributed by atoms with Crippen molar-refractivity contribution in [3.63, 3.8) is 0 Å². The van der Waals surface area contributed by atoms with E-state index in [0.717, 1.165) is 18.2 Å². The first-order chi connectivity index (χ1) is 7.63. The highest BCUT2D eigenvalue weighted by Crippen LogP contribution is 2.29. The Morgan fingerprint density at radius 2 is 2.19 bits per heavy atom. The molecule has 0 radical (unpaired) electrons. The van der Waals surface area contributed by atoms with Gasteiger partial charge in [0, 0.05) is 23.8 Å². The van der Waals surface area contributed by atoms with Gasteiger partial charge in [0.15, 0.2) is 0 Å². The molecule has 1 aliphatic carbocycles. The molecule has 4 nitrogen and oxygen atoms in total. The van der Waals surface area contributed by atoms with Crippen LogP contribution >= 0.6 is 0 Å². The molecule has 1 fully saturated rings. The number of nitrogens with one attached hydrogen (secondary N) is 1. The van der Waals surface area contributed by atoms with Crippen LogP contribution in [0.1, 0.15) is 30.3 Å². The first kappa shape index (κ1) is 11.6. The van der Waals surface area contributed by atoms with Gasteiger partial charge in [0.05, 0.1) is 18.8 Å². The smallest absolute Gasteiger partial charge is 0.0644 e. The highest BCUT2D eigenvalue weighted by Gasteiger charge is 2.32. The molecule has 2 unspecified atom stereocenters. The van der Waals surface area contributed by atoms with E-state index in [0.29, 0.717) is 12.6 Å². The molecule has 1 aromatic heterocycles. The van der Waals surface area contributed by atoms with Gasteiger partial charge in [0.1, 0.15) is 0 Å². The van der Waals surface area contributed by atoms with E-state index in [1.165, 1.54) is 17.7 Å². The predicted molar refractivity (Wildman–Crippen MR) is 63.2 cm³/mol. The van der Waals surface area contributed by atoms with Crippen molar-refractivity contribution in [3.05, 3.63) is 17.0 Å². The van der Waals surface area contributed by atoms with Crippen LogP contribution in [0.2, 0.25) is 0 Å². The number of rotatable bonds is 5. The van der Waals surface area contributed by atoms with E-state index in [1.54, 1.807) is 0 Å². The van der Waals surface area contributed by atoms with Crippen LogP contribution in [0, 0.1) is 19.8 Å². The van der Waals surface area contributed by atoms with Crippen molar-refractivity contribution in [2.24, 2.45) is 5.92 Å². The summed E-state index contributed by atoms with van der Waals surface area (Å²) in [6, 6.07) is 0.694. The Bertz CT molecular complexity index is 373. The van der Waals surface area contributed by atoms with E-state index in [2.05, 4.69) is 24.3 Å². The summed E-state index contributed by atoms with van der Waals surface area (Å²) < 4.78 is 1.89. The Balaban J connectivity index is 2.01. The minimum absolute atomic E-state index is 0.147. The molecular formula is C12H21N3O. The largest absolute Gasteiger partial charge is 0.394 e. The maximum atomic E-state index is 8.93. The molecular weight excluding hydrogens is 202 g/mol. The number of aryl methyl sites for hydroxylation is 1. The maximum Gasteiger partial charge on any atom is 0.0644 e. The summed E-state index contributed by atoms with van der Waals surface area (Å²) in [6.07, 6.45) is 1.29. The van der Waals surface area contributed by atoms with Gasteiger partial charge in [0.2, 0.25) is 0 Å². The zero-order valence-corrected chi connectivity index (χ0v) is 10.3. The molecule has 2 atom stereocenters. The molecule has 1 heterocycles. The average Bonchev–Trinajstić information content (AvgIpc) is 2.87. The molecule has 1 aliphatic rings. The molecule has 0 bridgehead atoms. The zero-order chi connectivity index (χ0) is 11.7. The van der Waals surface area contributed by atoms with Gasteiger partial charge in [-0.25, -0.2) is 0 Å². The average molecular weight is 223 g/mol. The normalized spacial score (nSPS) is 23.8. The maximum absolute atomic E-state index is 8.93. The lowest BCUT2D eigenvalue weighted by molar-refractivity contribution is 0.267. The third-order valence-electron chi connectivity index (χ3n) is 3.49. The van der Waals surface area contributed by atoms with Crippen molar-refractivity contribution in [2.45, 2.75) is 46.3 Å². The SMILES string of the molecule is Cc1nn(CCO)c(C)c1CNC1CC1C. The molecule has 4 heteroatoms. The summed E-state index contributed by atoms with van der Waals surface area (Å²) in [5.74, 6) is 0.827. The Kier molecular flexibility index (Phi) is 3.30. The summed E-state index contributed by atoms with van der Waals surface area (Å²) in [4.78, 5) is 0. The molecule has 2 rings (SSSR count). The van der Waals surface area contributed by atoms with Crippen molar-refractivity contribution in [2.75, 3.05) is 6.61 Å². The summed E-state index contributed by atoms with van der Waals surface area (Å²) in [7, 11) is 0. The monoisotopic (exact) mass is 223 g/mol. The van der Waals surface area contributed by atoms with Crippen LogP contribution in [-0.2, 0) is 13.1 Å². The van der Waals surface area contributed by atoms with E-state index >= 15 is 0 Å². The summed E-state index contributed by atoms with van der Waals surface area (Å²) in [6.45, 7) is 8.02. The van der Waals surface area contributed by atoms with Gasteiger partial charge in [-0.15, -0.1) is 0 Å². The van der Waals surface area contributed by atoms with Crippen molar-refractivity contribution in [3.8, 4) is 0 Å². The number of hydrogen-bond acceptors (Lipinski definition) is 3. The number of aliphatic hydroxyl groups excluding tert-OH is 1. The second-order valence-corrected chi connectivity index (χ2v) is 4.80. The number of aliphatic hydroxyl groups is 1. The van der Waals surface area contributed by atoms with Crippen LogP contribution < -0.4 is 5.32 Å². The lowest BCUT2D eigenvalue weighted by Crippen LogP contribution is -2.18. The molecule has 2 N–H and O–H groups in total. The first-order valence-corrected chi connectivity index (χ1v) is 6.00. The molecule has 90 valence electrons. The van der Waals surface area contributed by atoms with Gasteiger partial charge in [-0.05, 0) is 26.2 Å². The van der Waals surface area contributed by atoms with Gasteiger partial charge in [-0.3, -0.25) is 4.68 Å². The fraction of sp³-hybridized carbons (Fsp3) is 0.750. The third kappa shape index (κ3) is 2.28. The van der Waals surface area contributed by atoms with E-state index in [9.17, 15) is 0 Å². The summed E-state index contributed by atoms with van der Waals surface area (Å²) >= 11 is 0. The fourth-order valence-electron chi connectivity index (χ4n) is 2.14. The van der Waals surface area contributed by atoms with Crippen LogP contribution in [0.5, 0.6) is 0 Å². The number of hydrogen-bond donors (Lipinski definition) is 2. The Morgan fingerprint density at radius 3 is 2.75 bits per heavy atom. The van der Waals surface area contributed by atoms with Gasteiger partial charge >= 0.3 is 0 Å². The van der Waals surface area contributed by atoms with E-state index in [1.807, 2.05) is 11.6 Å². The van der Waals surface area contributed by atoms with Crippen molar-refractivity contribution in [1.82, 2.24) is 15.1 Å². The number of nitrogens with zero attached hydrogens (tertiary/aromatic N) is 2. The fourth-order valence-corrected chi connectivity index (χ4v) is 2.14. The van der Waals surface area contributed by atoms with Crippen LogP contribution in [0.25, 0.3) is 0 Å². The van der Waals surface area contributed by atoms with Gasteiger partial charge in [-0.1, -0.05) is 6.92 Å². The molecule has 1 aromatic rings. The second kappa shape index (κ2) is 4.55. The van der Waals surface area contributed by atoms with E-state index in [-0.39, 0.29) is 6.61 Å². The minimum atomic E-state index is 0.147.